The number of methoxy groups -OCH3 is 1. The standard InChI is InChI=1S/C20H14BrClN2O3S/c1-3-8-27-18-15(22)9-12(11-17(18)26-2)10-16-19(25)24(20(28)23-16)14-6-4-13(21)5-7-14/h1,4-7,9-11H,8H2,2H3,(H,23,28). The average molecular weight is 478 g/mol. The molecule has 0 saturated carbocycles. The van der Waals surface area contributed by atoms with Crippen molar-refractivity contribution in [2.75, 3.05) is 18.6 Å². The van der Waals surface area contributed by atoms with Gasteiger partial charge in [-0.1, -0.05) is 33.5 Å². The van der Waals surface area contributed by atoms with Gasteiger partial charge in [0.25, 0.3) is 5.91 Å². The summed E-state index contributed by atoms with van der Waals surface area (Å²) in [4.78, 5) is 14.3. The van der Waals surface area contributed by atoms with E-state index in [4.69, 9.17) is 39.7 Å². The number of amides is 1. The maximum absolute atomic E-state index is 12.8. The molecule has 5 nitrogen and oxygen atoms in total. The van der Waals surface area contributed by atoms with Crippen molar-refractivity contribution < 1.29 is 14.3 Å². The maximum atomic E-state index is 12.8. The highest BCUT2D eigenvalue weighted by Gasteiger charge is 2.32. The molecule has 1 heterocycles. The Hall–Kier alpha value is -2.53. The molecule has 1 amide bonds. The number of hydrogen-bond acceptors (Lipinski definition) is 4. The minimum absolute atomic E-state index is 0.0625. The second-order valence-electron chi connectivity index (χ2n) is 5.63. The maximum Gasteiger partial charge on any atom is 0.281 e. The van der Waals surface area contributed by atoms with Gasteiger partial charge in [0.1, 0.15) is 12.3 Å². The van der Waals surface area contributed by atoms with Gasteiger partial charge in [-0.15, -0.1) is 6.42 Å². The molecule has 0 radical (unpaired) electrons. The van der Waals surface area contributed by atoms with Crippen molar-refractivity contribution in [3.05, 3.63) is 57.2 Å². The van der Waals surface area contributed by atoms with Gasteiger partial charge < -0.3 is 14.8 Å². The topological polar surface area (TPSA) is 50.8 Å². The van der Waals surface area contributed by atoms with Gasteiger partial charge in [0.2, 0.25) is 0 Å². The number of carbonyl (C=O) groups is 1. The molecule has 142 valence electrons. The molecular formula is C20H14BrClN2O3S. The smallest absolute Gasteiger partial charge is 0.281 e. The number of terminal acetylenes is 1. The summed E-state index contributed by atoms with van der Waals surface area (Å²) in [5, 5.41) is 3.55. The van der Waals surface area contributed by atoms with E-state index in [9.17, 15) is 4.79 Å². The molecule has 3 rings (SSSR count). The lowest BCUT2D eigenvalue weighted by Gasteiger charge is -2.13. The number of nitrogens with zero attached hydrogens (tertiary/aromatic N) is 1. The van der Waals surface area contributed by atoms with E-state index in [2.05, 4.69) is 27.2 Å². The number of anilines is 1. The van der Waals surface area contributed by atoms with Crippen LogP contribution < -0.4 is 19.7 Å². The molecule has 1 fully saturated rings. The molecule has 2 aromatic rings. The Balaban J connectivity index is 1.92. The number of carbonyl (C=O) groups excluding carboxylic acids is 1. The number of thiocarbonyl (C=S) groups is 1. The van der Waals surface area contributed by atoms with Crippen LogP contribution in [0.3, 0.4) is 0 Å². The van der Waals surface area contributed by atoms with Crippen molar-refractivity contribution in [1.29, 1.82) is 0 Å². The summed E-state index contributed by atoms with van der Waals surface area (Å²) < 4.78 is 11.7. The summed E-state index contributed by atoms with van der Waals surface area (Å²) in [6.07, 6.45) is 6.87. The van der Waals surface area contributed by atoms with Gasteiger partial charge in [-0.2, -0.15) is 0 Å². The fourth-order valence-corrected chi connectivity index (χ4v) is 3.44. The molecule has 1 N–H and O–H groups in total. The van der Waals surface area contributed by atoms with E-state index in [1.165, 1.54) is 12.0 Å². The number of nitrogens with one attached hydrogen (secondary N) is 1. The van der Waals surface area contributed by atoms with Crippen LogP contribution in [-0.2, 0) is 4.79 Å². The third kappa shape index (κ3) is 4.14. The van der Waals surface area contributed by atoms with Crippen molar-refractivity contribution in [2.24, 2.45) is 0 Å². The highest BCUT2D eigenvalue weighted by Crippen LogP contribution is 2.37. The third-order valence-electron chi connectivity index (χ3n) is 3.83. The molecule has 0 bridgehead atoms. The van der Waals surface area contributed by atoms with Crippen molar-refractivity contribution in [3.63, 3.8) is 0 Å². The molecule has 1 aliphatic heterocycles. The molecule has 0 atom stereocenters. The van der Waals surface area contributed by atoms with E-state index >= 15 is 0 Å². The zero-order chi connectivity index (χ0) is 20.3. The number of rotatable bonds is 5. The first kappa shape index (κ1) is 20.2. The lowest BCUT2D eigenvalue weighted by Crippen LogP contribution is -2.30. The van der Waals surface area contributed by atoms with Gasteiger partial charge in [-0.25, -0.2) is 0 Å². The van der Waals surface area contributed by atoms with Gasteiger partial charge in [0.15, 0.2) is 16.6 Å². The van der Waals surface area contributed by atoms with Crippen LogP contribution in [-0.4, -0.2) is 24.7 Å². The van der Waals surface area contributed by atoms with Gasteiger partial charge in [-0.05, 0) is 60.3 Å². The molecule has 2 aromatic carbocycles. The minimum Gasteiger partial charge on any atom is -0.493 e. The molecule has 0 unspecified atom stereocenters. The van der Waals surface area contributed by atoms with Gasteiger partial charge in [-0.3, -0.25) is 9.69 Å². The minimum atomic E-state index is -0.268. The van der Waals surface area contributed by atoms with Crippen LogP contribution in [0, 0.1) is 12.3 Å². The average Bonchev–Trinajstić information content (AvgIpc) is 2.94. The zero-order valence-corrected chi connectivity index (χ0v) is 17.8. The summed E-state index contributed by atoms with van der Waals surface area (Å²) >= 11 is 15.0. The molecule has 0 aromatic heterocycles. The first-order chi connectivity index (χ1) is 13.4. The Morgan fingerprint density at radius 1 is 1.36 bits per heavy atom. The van der Waals surface area contributed by atoms with Crippen LogP contribution >= 0.6 is 39.7 Å². The van der Waals surface area contributed by atoms with Crippen LogP contribution in [0.25, 0.3) is 6.08 Å². The molecule has 28 heavy (non-hydrogen) atoms. The first-order valence-electron chi connectivity index (χ1n) is 8.01. The van der Waals surface area contributed by atoms with Crippen LogP contribution in [0.2, 0.25) is 5.02 Å². The van der Waals surface area contributed by atoms with Crippen LogP contribution in [0.1, 0.15) is 5.56 Å². The predicted octanol–water partition coefficient (Wildman–Crippen LogP) is 4.39. The summed E-state index contributed by atoms with van der Waals surface area (Å²) in [5.74, 6) is 2.87. The van der Waals surface area contributed by atoms with Crippen LogP contribution in [0.5, 0.6) is 11.5 Å². The van der Waals surface area contributed by atoms with Crippen molar-refractivity contribution in [2.45, 2.75) is 0 Å². The third-order valence-corrected chi connectivity index (χ3v) is 4.92. The van der Waals surface area contributed by atoms with Gasteiger partial charge in [0.05, 0.1) is 17.8 Å². The summed E-state index contributed by atoms with van der Waals surface area (Å²) in [6.45, 7) is 0.0625. The second-order valence-corrected chi connectivity index (χ2v) is 7.34. The van der Waals surface area contributed by atoms with Crippen molar-refractivity contribution in [3.8, 4) is 23.8 Å². The highest BCUT2D eigenvalue weighted by atomic mass is 79.9. The molecule has 1 aliphatic rings. The van der Waals surface area contributed by atoms with Gasteiger partial charge >= 0.3 is 0 Å². The van der Waals surface area contributed by atoms with E-state index < -0.39 is 0 Å². The largest absolute Gasteiger partial charge is 0.493 e. The fraction of sp³-hybridized carbons (Fsp3) is 0.100. The number of halogens is 2. The van der Waals surface area contributed by atoms with Crippen molar-refractivity contribution >= 4 is 62.5 Å². The SMILES string of the molecule is C#CCOc1c(Cl)cc(C=C2NC(=S)N(c3ccc(Br)cc3)C2=O)cc1OC. The van der Waals surface area contributed by atoms with E-state index in [0.717, 1.165) is 4.47 Å². The Morgan fingerprint density at radius 2 is 2.07 bits per heavy atom. The Bertz CT molecular complexity index is 1020. The quantitative estimate of drug-likeness (QED) is 0.393. The Morgan fingerprint density at radius 3 is 2.71 bits per heavy atom. The lowest BCUT2D eigenvalue weighted by molar-refractivity contribution is -0.113. The lowest BCUT2D eigenvalue weighted by atomic mass is 10.1. The van der Waals surface area contributed by atoms with Crippen LogP contribution in [0.4, 0.5) is 5.69 Å². The predicted molar refractivity (Wildman–Crippen MR) is 118 cm³/mol. The van der Waals surface area contributed by atoms with Crippen LogP contribution in [0.15, 0.2) is 46.6 Å². The molecule has 0 spiro atoms. The Kier molecular flexibility index (Phi) is 6.25. The molecule has 1 saturated heterocycles. The molecular weight excluding hydrogens is 464 g/mol. The normalized spacial score (nSPS) is 14.8. The van der Waals surface area contributed by atoms with E-state index in [0.29, 0.717) is 38.6 Å². The summed E-state index contributed by atoms with van der Waals surface area (Å²) in [6, 6.07) is 10.6. The number of benzene rings is 2. The molecule has 0 aliphatic carbocycles. The summed E-state index contributed by atoms with van der Waals surface area (Å²) in [7, 11) is 1.49. The number of ether oxygens (including phenoxy) is 2. The zero-order valence-electron chi connectivity index (χ0n) is 14.7. The fourth-order valence-electron chi connectivity index (χ4n) is 2.60. The summed E-state index contributed by atoms with van der Waals surface area (Å²) in [5.41, 5.74) is 1.64. The monoisotopic (exact) mass is 476 g/mol. The first-order valence-corrected chi connectivity index (χ1v) is 9.59. The second kappa shape index (κ2) is 8.65. The van der Waals surface area contributed by atoms with Crippen molar-refractivity contribution in [1.82, 2.24) is 5.32 Å². The highest BCUT2D eigenvalue weighted by molar-refractivity contribution is 9.10. The van der Waals surface area contributed by atoms with E-state index in [1.807, 2.05) is 12.1 Å². The van der Waals surface area contributed by atoms with Gasteiger partial charge in [0, 0.05) is 4.47 Å². The van der Waals surface area contributed by atoms with E-state index in [-0.39, 0.29) is 12.5 Å². The number of hydrogen-bond donors (Lipinski definition) is 1. The van der Waals surface area contributed by atoms with E-state index in [1.54, 1.807) is 30.3 Å². The molecule has 8 heteroatoms. The Labute approximate surface area is 181 Å².